The smallest absolute Gasteiger partial charge is 0.238 e. The molecule has 124 valence electrons. The molecule has 0 aliphatic heterocycles. The number of carbonyl (C=O) groups excluding carboxylic acids is 1. The molecule has 24 heavy (non-hydrogen) atoms. The fourth-order valence-corrected chi connectivity index (χ4v) is 3.27. The fourth-order valence-electron chi connectivity index (χ4n) is 1.84. The van der Waals surface area contributed by atoms with Crippen molar-refractivity contribution in [3.05, 3.63) is 39.4 Å². The first-order valence-electron chi connectivity index (χ1n) is 6.85. The largest absolute Gasteiger partial charge is 0.308 e. The Morgan fingerprint density at radius 2 is 2.08 bits per heavy atom. The molecule has 0 aromatic carbocycles. The lowest BCUT2D eigenvalue weighted by molar-refractivity contribution is -0.115. The Balaban J connectivity index is 2.16. The third-order valence-electron chi connectivity index (χ3n) is 2.99. The Morgan fingerprint density at radius 1 is 1.38 bits per heavy atom. The maximum atomic E-state index is 12.3. The van der Waals surface area contributed by atoms with Crippen molar-refractivity contribution in [3.63, 3.8) is 0 Å². The molecule has 0 aliphatic rings. The molecule has 0 radical (unpaired) electrons. The van der Waals surface area contributed by atoms with Gasteiger partial charge in [-0.1, -0.05) is 35.0 Å². The summed E-state index contributed by atoms with van der Waals surface area (Å²) in [6.45, 7) is 5.18. The second kappa shape index (κ2) is 7.79. The maximum Gasteiger partial charge on any atom is 0.238 e. The Morgan fingerprint density at radius 3 is 2.71 bits per heavy atom. The molecule has 0 spiro atoms. The first-order valence-corrected chi connectivity index (χ1v) is 8.49. The minimum Gasteiger partial charge on any atom is -0.308 e. The molecule has 2 aromatic rings. The second-order valence-electron chi connectivity index (χ2n) is 4.88. The molecule has 1 unspecified atom stereocenters. The van der Waals surface area contributed by atoms with Crippen LogP contribution in [0.25, 0.3) is 0 Å². The van der Waals surface area contributed by atoms with E-state index in [0.717, 1.165) is 0 Å². The Hall–Kier alpha value is -1.88. The van der Waals surface area contributed by atoms with Crippen LogP contribution < -0.4 is 5.32 Å². The summed E-state index contributed by atoms with van der Waals surface area (Å²) in [5.41, 5.74) is 0.954. The number of nitrogens with zero attached hydrogens (tertiary/aromatic N) is 4. The lowest BCUT2D eigenvalue weighted by Crippen LogP contribution is -2.23. The minimum atomic E-state index is -0.514. The van der Waals surface area contributed by atoms with Gasteiger partial charge in [0.2, 0.25) is 5.91 Å². The lowest BCUT2D eigenvalue weighted by atomic mass is 10.3. The molecule has 0 saturated heterocycles. The third kappa shape index (κ3) is 4.35. The van der Waals surface area contributed by atoms with Gasteiger partial charge < -0.3 is 5.32 Å². The van der Waals surface area contributed by atoms with E-state index < -0.39 is 5.25 Å². The summed E-state index contributed by atoms with van der Waals surface area (Å²) in [6, 6.07) is 3.57. The second-order valence-corrected chi connectivity index (χ2v) is 7.05. The number of thioether (sulfide) groups is 1. The summed E-state index contributed by atoms with van der Waals surface area (Å²) in [5, 5.41) is 12.5. The van der Waals surface area contributed by atoms with Gasteiger partial charge in [-0.15, -0.1) is 0 Å². The van der Waals surface area contributed by atoms with Crippen LogP contribution in [0.4, 0.5) is 5.82 Å². The monoisotopic (exact) mass is 381 g/mol. The number of amides is 1. The lowest BCUT2D eigenvalue weighted by Gasteiger charge is -2.13. The summed E-state index contributed by atoms with van der Waals surface area (Å²) < 4.78 is 0. The first kappa shape index (κ1) is 18.5. The number of aryl methyl sites for hydroxylation is 2. The standard InChI is InChI=1S/C15H13Cl2N5OS/c1-7-11(5-18)15(21-9(3)20-7)24-8(2)14(23)22-13-12(17)4-10(16)6-19-13/h4,6,8H,1-3H3,(H,19,22,23). The molecule has 1 N–H and O–H groups in total. The van der Waals surface area contributed by atoms with Crippen molar-refractivity contribution >= 4 is 46.7 Å². The summed E-state index contributed by atoms with van der Waals surface area (Å²) in [7, 11) is 0. The van der Waals surface area contributed by atoms with Gasteiger partial charge >= 0.3 is 0 Å². The van der Waals surface area contributed by atoms with Crippen LogP contribution >= 0.6 is 35.0 Å². The zero-order chi connectivity index (χ0) is 17.9. The Kier molecular flexibility index (Phi) is 5.99. The van der Waals surface area contributed by atoms with E-state index in [4.69, 9.17) is 23.2 Å². The van der Waals surface area contributed by atoms with E-state index >= 15 is 0 Å². The first-order chi connectivity index (χ1) is 11.3. The highest BCUT2D eigenvalue weighted by molar-refractivity contribution is 8.00. The van der Waals surface area contributed by atoms with E-state index in [9.17, 15) is 10.1 Å². The van der Waals surface area contributed by atoms with Crippen molar-refractivity contribution in [2.75, 3.05) is 5.32 Å². The van der Waals surface area contributed by atoms with Crippen LogP contribution in [0.3, 0.4) is 0 Å². The van der Waals surface area contributed by atoms with Crippen LogP contribution in [0, 0.1) is 25.2 Å². The van der Waals surface area contributed by atoms with Gasteiger partial charge in [0.25, 0.3) is 0 Å². The number of hydrogen-bond acceptors (Lipinski definition) is 6. The van der Waals surface area contributed by atoms with Crippen molar-refractivity contribution < 1.29 is 4.79 Å². The average molecular weight is 382 g/mol. The SMILES string of the molecule is Cc1nc(C)c(C#N)c(SC(C)C(=O)Nc2ncc(Cl)cc2Cl)n1. The molecule has 0 fully saturated rings. The highest BCUT2D eigenvalue weighted by Crippen LogP contribution is 2.28. The molecule has 6 nitrogen and oxygen atoms in total. The number of rotatable bonds is 4. The van der Waals surface area contributed by atoms with Gasteiger partial charge in [-0.25, -0.2) is 15.0 Å². The quantitative estimate of drug-likeness (QED) is 0.639. The summed E-state index contributed by atoms with van der Waals surface area (Å²) >= 11 is 13.0. The number of halogens is 2. The highest BCUT2D eigenvalue weighted by Gasteiger charge is 2.20. The number of nitrogens with one attached hydrogen (secondary N) is 1. The molecule has 0 saturated carbocycles. The molecule has 2 heterocycles. The number of carbonyl (C=O) groups is 1. The van der Waals surface area contributed by atoms with Crippen molar-refractivity contribution in [1.82, 2.24) is 15.0 Å². The van der Waals surface area contributed by atoms with E-state index in [2.05, 4.69) is 26.3 Å². The third-order valence-corrected chi connectivity index (χ3v) is 4.57. The Labute approximate surface area is 153 Å². The van der Waals surface area contributed by atoms with Crippen LogP contribution in [-0.2, 0) is 4.79 Å². The van der Waals surface area contributed by atoms with Crippen molar-refractivity contribution in [2.24, 2.45) is 0 Å². The van der Waals surface area contributed by atoms with Crippen molar-refractivity contribution in [1.29, 1.82) is 5.26 Å². The molecular formula is C15H13Cl2N5OS. The molecule has 2 rings (SSSR count). The van der Waals surface area contributed by atoms with Gasteiger partial charge in [0.05, 0.1) is 21.0 Å². The van der Waals surface area contributed by atoms with Gasteiger partial charge in [-0.05, 0) is 26.8 Å². The van der Waals surface area contributed by atoms with Gasteiger partial charge in [-0.3, -0.25) is 4.79 Å². The van der Waals surface area contributed by atoms with E-state index in [1.807, 2.05) is 0 Å². The molecule has 2 aromatic heterocycles. The topological polar surface area (TPSA) is 91.6 Å². The fraction of sp³-hybridized carbons (Fsp3) is 0.267. The predicted molar refractivity (Wildman–Crippen MR) is 94.4 cm³/mol. The number of nitriles is 1. The molecule has 0 bridgehead atoms. The highest BCUT2D eigenvalue weighted by atomic mass is 35.5. The van der Waals surface area contributed by atoms with Crippen LogP contribution in [0.1, 0.15) is 24.0 Å². The van der Waals surface area contributed by atoms with Gasteiger partial charge in [0.15, 0.2) is 5.82 Å². The van der Waals surface area contributed by atoms with Crippen LogP contribution in [0.15, 0.2) is 17.3 Å². The minimum absolute atomic E-state index is 0.231. The number of hydrogen-bond donors (Lipinski definition) is 1. The molecule has 9 heteroatoms. The van der Waals surface area contributed by atoms with Crippen LogP contribution in [-0.4, -0.2) is 26.1 Å². The number of aromatic nitrogens is 3. The van der Waals surface area contributed by atoms with Gasteiger partial charge in [0, 0.05) is 6.20 Å². The zero-order valence-electron chi connectivity index (χ0n) is 13.1. The van der Waals surface area contributed by atoms with Crippen molar-refractivity contribution in [3.8, 4) is 6.07 Å². The molecule has 0 aliphatic carbocycles. The zero-order valence-corrected chi connectivity index (χ0v) is 15.4. The summed E-state index contributed by atoms with van der Waals surface area (Å²) in [4.78, 5) is 24.7. The summed E-state index contributed by atoms with van der Waals surface area (Å²) in [5.74, 6) is 0.465. The predicted octanol–water partition coefficient (Wildman–Crippen LogP) is 3.79. The van der Waals surface area contributed by atoms with E-state index in [1.54, 1.807) is 20.8 Å². The van der Waals surface area contributed by atoms with E-state index in [0.29, 0.717) is 27.1 Å². The van der Waals surface area contributed by atoms with Gasteiger partial charge in [0.1, 0.15) is 22.5 Å². The average Bonchev–Trinajstić information content (AvgIpc) is 2.49. The van der Waals surface area contributed by atoms with E-state index in [1.165, 1.54) is 24.0 Å². The number of pyridine rings is 1. The van der Waals surface area contributed by atoms with Crippen LogP contribution in [0.2, 0.25) is 10.0 Å². The maximum absolute atomic E-state index is 12.3. The summed E-state index contributed by atoms with van der Waals surface area (Å²) in [6.07, 6.45) is 1.39. The normalized spacial score (nSPS) is 11.7. The van der Waals surface area contributed by atoms with Crippen LogP contribution in [0.5, 0.6) is 0 Å². The number of anilines is 1. The van der Waals surface area contributed by atoms with Crippen molar-refractivity contribution in [2.45, 2.75) is 31.0 Å². The molecule has 1 atom stereocenters. The van der Waals surface area contributed by atoms with E-state index in [-0.39, 0.29) is 16.7 Å². The molecule has 1 amide bonds. The molecular weight excluding hydrogens is 369 g/mol. The Bertz CT molecular complexity index is 837. The van der Waals surface area contributed by atoms with Gasteiger partial charge in [-0.2, -0.15) is 5.26 Å².